The molecule has 2 amide bonds. The normalized spacial score (nSPS) is 11.9. The summed E-state index contributed by atoms with van der Waals surface area (Å²) in [5.41, 5.74) is 2.49. The average molecular weight is 639 g/mol. The fourth-order valence-corrected chi connectivity index (χ4v) is 6.58. The van der Waals surface area contributed by atoms with Crippen LogP contribution in [-0.4, -0.2) is 44.3 Å². The van der Waals surface area contributed by atoms with Crippen molar-refractivity contribution in [1.82, 2.24) is 10.2 Å². The second-order valence-corrected chi connectivity index (χ2v) is 12.7. The molecule has 224 valence electrons. The zero-order valence-electron chi connectivity index (χ0n) is 23.9. The molecule has 4 aromatic carbocycles. The first kappa shape index (κ1) is 32.1. The summed E-state index contributed by atoms with van der Waals surface area (Å²) >= 11 is 13.0. The molecule has 1 unspecified atom stereocenters. The van der Waals surface area contributed by atoms with E-state index in [-0.39, 0.29) is 34.5 Å². The van der Waals surface area contributed by atoms with E-state index < -0.39 is 28.5 Å². The molecule has 0 heterocycles. The Morgan fingerprint density at radius 2 is 1.42 bits per heavy atom. The average Bonchev–Trinajstić information content (AvgIpc) is 2.99. The van der Waals surface area contributed by atoms with Crippen molar-refractivity contribution < 1.29 is 18.0 Å². The van der Waals surface area contributed by atoms with E-state index in [2.05, 4.69) is 5.32 Å². The lowest BCUT2D eigenvalue weighted by Crippen LogP contribution is -2.53. The van der Waals surface area contributed by atoms with Crippen LogP contribution >= 0.6 is 23.2 Å². The van der Waals surface area contributed by atoms with Gasteiger partial charge < -0.3 is 10.2 Å². The molecule has 0 spiro atoms. The van der Waals surface area contributed by atoms with E-state index in [1.54, 1.807) is 67.6 Å². The summed E-state index contributed by atoms with van der Waals surface area (Å²) in [6, 6.07) is 28.2. The lowest BCUT2D eigenvalue weighted by atomic mass is 10.0. The number of likely N-dealkylation sites (N-methyl/N-ethyl adjacent to an activating group) is 1. The van der Waals surface area contributed by atoms with Gasteiger partial charge in [0.05, 0.1) is 15.6 Å². The van der Waals surface area contributed by atoms with E-state index in [1.165, 1.54) is 17.0 Å². The van der Waals surface area contributed by atoms with Crippen LogP contribution in [0.3, 0.4) is 0 Å². The highest BCUT2D eigenvalue weighted by Crippen LogP contribution is 2.31. The van der Waals surface area contributed by atoms with Gasteiger partial charge in [-0.1, -0.05) is 102 Å². The first-order valence-corrected chi connectivity index (χ1v) is 16.0. The number of aryl methyl sites for hydroxylation is 1. The van der Waals surface area contributed by atoms with Crippen molar-refractivity contribution in [2.45, 2.75) is 37.8 Å². The Morgan fingerprint density at radius 3 is 2.05 bits per heavy atom. The molecule has 1 atom stereocenters. The molecule has 0 radical (unpaired) electrons. The number of nitrogens with zero attached hydrogens (tertiary/aromatic N) is 2. The highest BCUT2D eigenvalue weighted by Gasteiger charge is 2.35. The number of halogens is 2. The maximum atomic E-state index is 14.4. The van der Waals surface area contributed by atoms with Gasteiger partial charge in [-0.05, 0) is 55.3 Å². The van der Waals surface area contributed by atoms with Crippen LogP contribution in [0.2, 0.25) is 10.0 Å². The Balaban J connectivity index is 1.81. The van der Waals surface area contributed by atoms with E-state index in [4.69, 9.17) is 23.2 Å². The van der Waals surface area contributed by atoms with Crippen LogP contribution < -0.4 is 9.62 Å². The number of nitrogens with one attached hydrogen (secondary N) is 1. The van der Waals surface area contributed by atoms with Gasteiger partial charge in [0, 0.05) is 24.5 Å². The van der Waals surface area contributed by atoms with Gasteiger partial charge in [-0.15, -0.1) is 0 Å². The summed E-state index contributed by atoms with van der Waals surface area (Å²) < 4.78 is 29.1. The number of para-hydroxylation sites is 1. The molecule has 4 aromatic rings. The van der Waals surface area contributed by atoms with Gasteiger partial charge in [-0.2, -0.15) is 0 Å². The van der Waals surface area contributed by atoms with Crippen molar-refractivity contribution in [3.8, 4) is 0 Å². The predicted octanol–water partition coefficient (Wildman–Crippen LogP) is 6.27. The number of hydrogen-bond donors (Lipinski definition) is 1. The van der Waals surface area contributed by atoms with Gasteiger partial charge in [0.1, 0.15) is 12.6 Å². The molecule has 0 aliphatic heterocycles. The van der Waals surface area contributed by atoms with Crippen LogP contribution in [0.15, 0.2) is 108 Å². The van der Waals surface area contributed by atoms with E-state index in [1.807, 2.05) is 37.3 Å². The van der Waals surface area contributed by atoms with Crippen LogP contribution in [0.5, 0.6) is 0 Å². The van der Waals surface area contributed by atoms with Crippen LogP contribution in [0, 0.1) is 6.92 Å². The maximum absolute atomic E-state index is 14.4. The molecule has 43 heavy (non-hydrogen) atoms. The number of hydrogen-bond acceptors (Lipinski definition) is 4. The Morgan fingerprint density at radius 1 is 0.814 bits per heavy atom. The molecular formula is C33H33Cl2N3O4S. The van der Waals surface area contributed by atoms with Crippen LogP contribution in [0.1, 0.15) is 23.6 Å². The number of anilines is 1. The Labute approximate surface area is 263 Å². The minimum absolute atomic E-state index is 0.00744. The molecule has 10 heteroatoms. The van der Waals surface area contributed by atoms with E-state index in [9.17, 15) is 18.0 Å². The highest BCUT2D eigenvalue weighted by molar-refractivity contribution is 7.92. The van der Waals surface area contributed by atoms with E-state index in [0.29, 0.717) is 17.1 Å². The van der Waals surface area contributed by atoms with Gasteiger partial charge in [-0.25, -0.2) is 8.42 Å². The summed E-state index contributed by atoms with van der Waals surface area (Å²) in [6.07, 6.45) is 0.208. The molecule has 4 rings (SSSR count). The molecule has 7 nitrogen and oxygen atoms in total. The Kier molecular flexibility index (Phi) is 10.9. The van der Waals surface area contributed by atoms with E-state index in [0.717, 1.165) is 15.4 Å². The monoisotopic (exact) mass is 637 g/mol. The third kappa shape index (κ3) is 7.96. The van der Waals surface area contributed by atoms with Gasteiger partial charge >= 0.3 is 0 Å². The van der Waals surface area contributed by atoms with Crippen molar-refractivity contribution in [3.63, 3.8) is 0 Å². The number of rotatable bonds is 12. The van der Waals surface area contributed by atoms with Gasteiger partial charge in [0.25, 0.3) is 10.0 Å². The van der Waals surface area contributed by atoms with E-state index >= 15 is 0 Å². The Bertz CT molecular complexity index is 1670. The largest absolute Gasteiger partial charge is 0.355 e. The third-order valence-electron chi connectivity index (χ3n) is 6.93. The fourth-order valence-electron chi connectivity index (χ4n) is 4.66. The smallest absolute Gasteiger partial charge is 0.264 e. The molecule has 0 fully saturated rings. The molecule has 0 aromatic heterocycles. The van der Waals surface area contributed by atoms with Crippen molar-refractivity contribution >= 4 is 50.7 Å². The second kappa shape index (κ2) is 14.6. The summed E-state index contributed by atoms with van der Waals surface area (Å²) in [5, 5.41) is 3.42. The van der Waals surface area contributed by atoms with Crippen LogP contribution in [-0.2, 0) is 32.6 Å². The van der Waals surface area contributed by atoms with Crippen LogP contribution in [0.25, 0.3) is 0 Å². The summed E-state index contributed by atoms with van der Waals surface area (Å²) in [7, 11) is -4.24. The van der Waals surface area contributed by atoms with Gasteiger partial charge in [0.2, 0.25) is 11.8 Å². The van der Waals surface area contributed by atoms with Crippen molar-refractivity contribution in [3.05, 3.63) is 130 Å². The van der Waals surface area contributed by atoms with Gasteiger partial charge in [-0.3, -0.25) is 13.9 Å². The maximum Gasteiger partial charge on any atom is 0.264 e. The summed E-state index contributed by atoms with van der Waals surface area (Å²) in [6.45, 7) is 3.38. The number of benzene rings is 4. The first-order valence-electron chi connectivity index (χ1n) is 13.8. The summed E-state index contributed by atoms with van der Waals surface area (Å²) in [5.74, 6) is -0.958. The minimum Gasteiger partial charge on any atom is -0.355 e. The molecular weight excluding hydrogens is 605 g/mol. The fraction of sp³-hybridized carbons (Fsp3) is 0.212. The molecule has 0 bridgehead atoms. The zero-order valence-corrected chi connectivity index (χ0v) is 26.2. The zero-order chi connectivity index (χ0) is 31.0. The quantitative estimate of drug-likeness (QED) is 0.198. The van der Waals surface area contributed by atoms with Crippen LogP contribution in [0.4, 0.5) is 5.69 Å². The number of carbonyl (C=O) groups is 2. The van der Waals surface area contributed by atoms with Crippen molar-refractivity contribution in [2.24, 2.45) is 0 Å². The topological polar surface area (TPSA) is 86.8 Å². The number of carbonyl (C=O) groups excluding carboxylic acids is 2. The molecule has 0 saturated carbocycles. The van der Waals surface area contributed by atoms with Crippen molar-refractivity contribution in [2.75, 3.05) is 17.4 Å². The second-order valence-electron chi connectivity index (χ2n) is 9.99. The Hall–Kier alpha value is -3.85. The molecule has 0 aliphatic carbocycles. The highest BCUT2D eigenvalue weighted by atomic mass is 35.5. The van der Waals surface area contributed by atoms with Crippen molar-refractivity contribution in [1.29, 1.82) is 0 Å². The molecule has 1 N–H and O–H groups in total. The third-order valence-corrected chi connectivity index (χ3v) is 9.39. The number of amides is 2. The minimum atomic E-state index is -4.24. The van der Waals surface area contributed by atoms with Gasteiger partial charge in [0.15, 0.2) is 0 Å². The summed E-state index contributed by atoms with van der Waals surface area (Å²) in [4.78, 5) is 29.3. The SMILES string of the molecule is CCNC(=O)C(Cc1ccccc1)N(Cc1ccccc1Cl)C(=O)CN(c1ccccc1Cl)S(=O)(=O)c1ccc(C)cc1. The number of sulfonamides is 1. The molecule has 0 aliphatic rings. The standard InChI is InChI=1S/C33H33Cl2N3O4S/c1-3-36-33(40)31(21-25-11-5-4-6-12-25)37(22-26-13-7-8-14-28(26)34)32(39)23-38(30-16-10-9-15-29(30)35)43(41,42)27-19-17-24(2)18-20-27/h4-20,31H,3,21-23H2,1-2H3,(H,36,40). The lowest BCUT2D eigenvalue weighted by Gasteiger charge is -2.34. The first-order chi connectivity index (χ1) is 20.6. The lowest BCUT2D eigenvalue weighted by molar-refractivity contribution is -0.140. The molecule has 0 saturated heterocycles. The predicted molar refractivity (Wildman–Crippen MR) is 172 cm³/mol.